The molecular weight excluding hydrogens is 256 g/mol. The van der Waals surface area contributed by atoms with Crippen LogP contribution in [0, 0.1) is 0 Å². The Hall–Kier alpha value is -1.00. The zero-order chi connectivity index (χ0) is 14.1. The standard InChI is InChI=1S/C15H24N2OS/c1-4-5-10-16-14-8-6-13(7-9-14)15(18)19-12-11-17(2)3/h6-9,16H,4-5,10-12H2,1-3H3. The van der Waals surface area contributed by atoms with Crippen molar-refractivity contribution in [2.24, 2.45) is 0 Å². The van der Waals surface area contributed by atoms with Crippen LogP contribution >= 0.6 is 11.8 Å². The van der Waals surface area contributed by atoms with Crippen LogP contribution in [0.2, 0.25) is 0 Å². The summed E-state index contributed by atoms with van der Waals surface area (Å²) in [5.74, 6) is 0.836. The quantitative estimate of drug-likeness (QED) is 0.740. The Kier molecular flexibility index (Phi) is 7.60. The van der Waals surface area contributed by atoms with Crippen molar-refractivity contribution in [1.29, 1.82) is 0 Å². The smallest absolute Gasteiger partial charge is 0.219 e. The van der Waals surface area contributed by atoms with Gasteiger partial charge in [-0.3, -0.25) is 4.79 Å². The number of unbranched alkanes of at least 4 members (excludes halogenated alkanes) is 1. The highest BCUT2D eigenvalue weighted by molar-refractivity contribution is 8.14. The molecule has 0 spiro atoms. The van der Waals surface area contributed by atoms with Crippen LogP contribution in [0.1, 0.15) is 30.1 Å². The van der Waals surface area contributed by atoms with E-state index < -0.39 is 0 Å². The van der Waals surface area contributed by atoms with E-state index in [2.05, 4.69) is 17.1 Å². The first-order chi connectivity index (χ1) is 9.13. The number of nitrogens with one attached hydrogen (secondary N) is 1. The summed E-state index contributed by atoms with van der Waals surface area (Å²) < 4.78 is 0. The number of hydrogen-bond donors (Lipinski definition) is 1. The fourth-order valence-corrected chi connectivity index (χ4v) is 2.48. The Bertz CT molecular complexity index is 376. The zero-order valence-corrected chi connectivity index (χ0v) is 12.9. The van der Waals surface area contributed by atoms with E-state index in [-0.39, 0.29) is 5.12 Å². The average molecular weight is 280 g/mol. The van der Waals surface area contributed by atoms with Crippen LogP contribution in [0.5, 0.6) is 0 Å². The normalized spacial score (nSPS) is 10.7. The van der Waals surface area contributed by atoms with Crippen molar-refractivity contribution in [3.8, 4) is 0 Å². The molecule has 0 aliphatic carbocycles. The molecule has 0 aliphatic heterocycles. The average Bonchev–Trinajstić information content (AvgIpc) is 2.39. The van der Waals surface area contributed by atoms with Crippen LogP contribution < -0.4 is 5.32 Å². The molecule has 1 aromatic carbocycles. The van der Waals surface area contributed by atoms with E-state index in [9.17, 15) is 4.79 Å². The summed E-state index contributed by atoms with van der Waals surface area (Å²) in [6.45, 7) is 4.09. The van der Waals surface area contributed by atoms with Gasteiger partial charge < -0.3 is 10.2 Å². The van der Waals surface area contributed by atoms with E-state index in [1.165, 1.54) is 24.6 Å². The van der Waals surface area contributed by atoms with E-state index in [4.69, 9.17) is 0 Å². The first kappa shape index (κ1) is 16.1. The summed E-state index contributed by atoms with van der Waals surface area (Å²) in [6.07, 6.45) is 2.35. The largest absolute Gasteiger partial charge is 0.385 e. The lowest BCUT2D eigenvalue weighted by atomic mass is 10.2. The van der Waals surface area contributed by atoms with Crippen molar-refractivity contribution in [3.63, 3.8) is 0 Å². The van der Waals surface area contributed by atoms with E-state index in [1.54, 1.807) is 0 Å². The Morgan fingerprint density at radius 3 is 2.53 bits per heavy atom. The molecule has 0 heterocycles. The first-order valence-corrected chi connectivity index (χ1v) is 7.78. The predicted octanol–water partition coefficient (Wildman–Crippen LogP) is 3.33. The van der Waals surface area contributed by atoms with Gasteiger partial charge in [-0.05, 0) is 44.8 Å². The maximum Gasteiger partial charge on any atom is 0.219 e. The van der Waals surface area contributed by atoms with Gasteiger partial charge in [-0.25, -0.2) is 0 Å². The number of anilines is 1. The SMILES string of the molecule is CCCCNc1ccc(C(=O)SCCN(C)C)cc1. The van der Waals surface area contributed by atoms with E-state index in [0.29, 0.717) is 0 Å². The van der Waals surface area contributed by atoms with Gasteiger partial charge in [0.25, 0.3) is 0 Å². The van der Waals surface area contributed by atoms with Crippen molar-refractivity contribution in [1.82, 2.24) is 4.90 Å². The van der Waals surface area contributed by atoms with Gasteiger partial charge in [0.05, 0.1) is 0 Å². The second-order valence-corrected chi connectivity index (χ2v) is 5.86. The zero-order valence-electron chi connectivity index (χ0n) is 12.1. The molecule has 0 saturated carbocycles. The van der Waals surface area contributed by atoms with Gasteiger partial charge in [-0.1, -0.05) is 25.1 Å². The van der Waals surface area contributed by atoms with Gasteiger partial charge in [0.1, 0.15) is 0 Å². The van der Waals surface area contributed by atoms with E-state index in [1.807, 2.05) is 38.4 Å². The third kappa shape index (κ3) is 6.64. The third-order valence-electron chi connectivity index (χ3n) is 2.75. The van der Waals surface area contributed by atoms with Gasteiger partial charge in [0.2, 0.25) is 5.12 Å². The molecule has 0 amide bonds. The van der Waals surface area contributed by atoms with Crippen LogP contribution in [0.3, 0.4) is 0 Å². The lowest BCUT2D eigenvalue weighted by Crippen LogP contribution is -2.15. The second-order valence-electron chi connectivity index (χ2n) is 4.80. The number of carbonyl (C=O) groups is 1. The summed E-state index contributed by atoms with van der Waals surface area (Å²) in [5, 5.41) is 3.50. The molecule has 3 nitrogen and oxygen atoms in total. The molecule has 4 heteroatoms. The number of carbonyl (C=O) groups excluding carboxylic acids is 1. The number of thioether (sulfide) groups is 1. The molecule has 0 fully saturated rings. The topological polar surface area (TPSA) is 32.3 Å². The third-order valence-corrected chi connectivity index (χ3v) is 3.64. The highest BCUT2D eigenvalue weighted by Gasteiger charge is 2.06. The van der Waals surface area contributed by atoms with Crippen LogP contribution in [0.4, 0.5) is 5.69 Å². The highest BCUT2D eigenvalue weighted by atomic mass is 32.2. The van der Waals surface area contributed by atoms with E-state index in [0.717, 1.165) is 30.1 Å². The number of nitrogens with zero attached hydrogens (tertiary/aromatic N) is 1. The fraction of sp³-hybridized carbons (Fsp3) is 0.533. The Balaban J connectivity index is 2.39. The summed E-state index contributed by atoms with van der Waals surface area (Å²) >= 11 is 1.38. The van der Waals surface area contributed by atoms with Gasteiger partial charge in [-0.15, -0.1) is 0 Å². The minimum absolute atomic E-state index is 0.155. The maximum absolute atomic E-state index is 11.9. The summed E-state index contributed by atoms with van der Waals surface area (Å²) in [4.78, 5) is 14.0. The molecule has 0 atom stereocenters. The van der Waals surface area contributed by atoms with Crippen LogP contribution in [0.15, 0.2) is 24.3 Å². The van der Waals surface area contributed by atoms with Gasteiger partial charge in [-0.2, -0.15) is 0 Å². The summed E-state index contributed by atoms with van der Waals surface area (Å²) in [5.41, 5.74) is 1.87. The van der Waals surface area contributed by atoms with Crippen molar-refractivity contribution in [2.75, 3.05) is 38.3 Å². The van der Waals surface area contributed by atoms with Crippen LogP contribution in [-0.2, 0) is 0 Å². The predicted molar refractivity (Wildman–Crippen MR) is 85.2 cm³/mol. The Morgan fingerprint density at radius 1 is 1.26 bits per heavy atom. The molecule has 1 aromatic rings. The Labute approximate surface area is 120 Å². The molecule has 0 unspecified atom stereocenters. The molecular formula is C15H24N2OS. The molecule has 1 rings (SSSR count). The van der Waals surface area contributed by atoms with Gasteiger partial charge in [0, 0.05) is 30.1 Å². The van der Waals surface area contributed by atoms with E-state index >= 15 is 0 Å². The number of rotatable bonds is 8. The van der Waals surface area contributed by atoms with Crippen molar-refractivity contribution >= 4 is 22.6 Å². The minimum Gasteiger partial charge on any atom is -0.385 e. The van der Waals surface area contributed by atoms with Gasteiger partial charge >= 0.3 is 0 Å². The molecule has 0 bridgehead atoms. The second kappa shape index (κ2) is 8.99. The monoisotopic (exact) mass is 280 g/mol. The fourth-order valence-electron chi connectivity index (χ4n) is 1.54. The summed E-state index contributed by atoms with van der Waals surface area (Å²) in [7, 11) is 4.03. The molecule has 0 aromatic heterocycles. The maximum atomic E-state index is 11.9. The number of benzene rings is 1. The highest BCUT2D eigenvalue weighted by Crippen LogP contribution is 2.15. The molecule has 0 aliphatic rings. The van der Waals surface area contributed by atoms with Crippen molar-refractivity contribution in [3.05, 3.63) is 29.8 Å². The summed E-state index contributed by atoms with van der Waals surface area (Å²) in [6, 6.07) is 7.77. The molecule has 1 N–H and O–H groups in total. The lowest BCUT2D eigenvalue weighted by molar-refractivity contribution is 0.108. The van der Waals surface area contributed by atoms with Crippen molar-refractivity contribution in [2.45, 2.75) is 19.8 Å². The first-order valence-electron chi connectivity index (χ1n) is 6.79. The minimum atomic E-state index is 0.155. The lowest BCUT2D eigenvalue weighted by Gasteiger charge is -2.08. The van der Waals surface area contributed by atoms with Gasteiger partial charge in [0.15, 0.2) is 0 Å². The Morgan fingerprint density at radius 2 is 1.95 bits per heavy atom. The number of hydrogen-bond acceptors (Lipinski definition) is 4. The van der Waals surface area contributed by atoms with Crippen molar-refractivity contribution < 1.29 is 4.79 Å². The molecule has 106 valence electrons. The van der Waals surface area contributed by atoms with Crippen LogP contribution in [-0.4, -0.2) is 43.0 Å². The molecule has 0 radical (unpaired) electrons. The molecule has 19 heavy (non-hydrogen) atoms. The molecule has 0 saturated heterocycles. The van der Waals surface area contributed by atoms with Crippen LogP contribution in [0.25, 0.3) is 0 Å².